The molecule has 2 aliphatic rings. The Bertz CT molecular complexity index is 783. The fraction of sp³-hybridized carbons (Fsp3) is 0.500. The van der Waals surface area contributed by atoms with E-state index in [-0.39, 0.29) is 31.5 Å². The normalized spacial score (nSPS) is 22.2. The topological polar surface area (TPSA) is 91.6 Å². The molecule has 9 nitrogen and oxygen atoms in total. The number of carbonyl (C=O) groups excluding carboxylic acids is 1. The lowest BCUT2D eigenvalue weighted by Gasteiger charge is -2.35. The molecule has 2 aromatic rings. The number of hydrogen-bond acceptors (Lipinski definition) is 7. The van der Waals surface area contributed by atoms with Gasteiger partial charge < -0.3 is 19.1 Å². The van der Waals surface area contributed by atoms with Gasteiger partial charge in [-0.2, -0.15) is 4.80 Å². The van der Waals surface area contributed by atoms with Crippen LogP contribution in [0.1, 0.15) is 13.8 Å². The van der Waals surface area contributed by atoms with E-state index in [1.54, 1.807) is 17.0 Å². The predicted octanol–water partition coefficient (Wildman–Crippen LogP) is 0.705. The molecule has 2 atom stereocenters. The summed E-state index contributed by atoms with van der Waals surface area (Å²) in [4.78, 5) is 15.6. The van der Waals surface area contributed by atoms with Crippen molar-refractivity contribution in [3.63, 3.8) is 0 Å². The average Bonchev–Trinajstić information content (AvgIpc) is 3.22. The molecular formula is C16H19N5O4. The standard InChI is InChI=1S/C16H19N5O4/c1-10-6-20(7-11(2)25-10)15(22)8-21-18-16(17-19-21)12-3-4-13-14(5-12)24-9-23-13/h3-5,10-11H,6-9H2,1-2H3/t10-,11-/m0/s1. The Morgan fingerprint density at radius 3 is 2.76 bits per heavy atom. The highest BCUT2D eigenvalue weighted by atomic mass is 16.7. The number of amides is 1. The van der Waals surface area contributed by atoms with E-state index in [0.717, 1.165) is 5.56 Å². The van der Waals surface area contributed by atoms with Gasteiger partial charge in [-0.1, -0.05) is 0 Å². The van der Waals surface area contributed by atoms with Crippen LogP contribution in [0.5, 0.6) is 11.5 Å². The third-order valence-corrected chi connectivity index (χ3v) is 4.13. The highest BCUT2D eigenvalue weighted by molar-refractivity contribution is 5.76. The fourth-order valence-electron chi connectivity index (χ4n) is 3.06. The quantitative estimate of drug-likeness (QED) is 0.809. The van der Waals surface area contributed by atoms with Crippen molar-refractivity contribution in [2.24, 2.45) is 0 Å². The third kappa shape index (κ3) is 3.27. The number of carbonyl (C=O) groups is 1. The minimum Gasteiger partial charge on any atom is -0.454 e. The molecule has 1 fully saturated rings. The van der Waals surface area contributed by atoms with Crippen molar-refractivity contribution in [2.45, 2.75) is 32.6 Å². The summed E-state index contributed by atoms with van der Waals surface area (Å²) >= 11 is 0. The molecule has 2 aliphatic heterocycles. The van der Waals surface area contributed by atoms with Crippen LogP contribution >= 0.6 is 0 Å². The lowest BCUT2D eigenvalue weighted by molar-refractivity contribution is -0.144. The van der Waals surface area contributed by atoms with Crippen molar-refractivity contribution in [3.05, 3.63) is 18.2 Å². The summed E-state index contributed by atoms with van der Waals surface area (Å²) in [5, 5.41) is 12.3. The number of ether oxygens (including phenoxy) is 3. The van der Waals surface area contributed by atoms with Gasteiger partial charge in [-0.15, -0.1) is 10.2 Å². The number of morpholine rings is 1. The zero-order chi connectivity index (χ0) is 17.4. The van der Waals surface area contributed by atoms with Gasteiger partial charge in [-0.3, -0.25) is 4.79 Å². The Hall–Kier alpha value is -2.68. The van der Waals surface area contributed by atoms with Crippen LogP contribution in [0.25, 0.3) is 11.4 Å². The Labute approximate surface area is 144 Å². The molecular weight excluding hydrogens is 326 g/mol. The monoisotopic (exact) mass is 345 g/mol. The summed E-state index contributed by atoms with van der Waals surface area (Å²) < 4.78 is 16.3. The van der Waals surface area contributed by atoms with E-state index < -0.39 is 0 Å². The van der Waals surface area contributed by atoms with E-state index in [1.807, 2.05) is 19.9 Å². The summed E-state index contributed by atoms with van der Waals surface area (Å²) in [5.74, 6) is 1.74. The lowest BCUT2D eigenvalue weighted by atomic mass is 10.2. The van der Waals surface area contributed by atoms with Crippen LogP contribution < -0.4 is 9.47 Å². The molecule has 0 aliphatic carbocycles. The van der Waals surface area contributed by atoms with E-state index in [2.05, 4.69) is 15.4 Å². The molecule has 0 unspecified atom stereocenters. The summed E-state index contributed by atoms with van der Waals surface area (Å²) in [6.45, 7) is 5.34. The highest BCUT2D eigenvalue weighted by Gasteiger charge is 2.26. The van der Waals surface area contributed by atoms with Gasteiger partial charge in [0.25, 0.3) is 0 Å². The summed E-state index contributed by atoms with van der Waals surface area (Å²) in [6.07, 6.45) is 0.0567. The largest absolute Gasteiger partial charge is 0.454 e. The van der Waals surface area contributed by atoms with Crippen LogP contribution in [0.4, 0.5) is 0 Å². The molecule has 0 radical (unpaired) electrons. The van der Waals surface area contributed by atoms with Crippen molar-refractivity contribution in [2.75, 3.05) is 19.9 Å². The fourth-order valence-corrected chi connectivity index (χ4v) is 3.06. The number of fused-ring (bicyclic) bond motifs is 1. The molecule has 4 rings (SSSR count). The average molecular weight is 345 g/mol. The molecule has 0 N–H and O–H groups in total. The maximum Gasteiger partial charge on any atom is 0.246 e. The molecule has 1 amide bonds. The highest BCUT2D eigenvalue weighted by Crippen LogP contribution is 2.34. The molecule has 0 bridgehead atoms. The second-order valence-corrected chi connectivity index (χ2v) is 6.27. The van der Waals surface area contributed by atoms with E-state index >= 15 is 0 Å². The van der Waals surface area contributed by atoms with E-state index in [9.17, 15) is 4.79 Å². The Kier molecular flexibility index (Phi) is 4.00. The Morgan fingerprint density at radius 1 is 1.20 bits per heavy atom. The molecule has 1 saturated heterocycles. The SMILES string of the molecule is C[C@H]1CN(C(=O)Cn2nnc(-c3ccc4c(c3)OCO4)n2)C[C@H](C)O1. The maximum atomic E-state index is 12.5. The van der Waals surface area contributed by atoms with Crippen molar-refractivity contribution in [3.8, 4) is 22.9 Å². The number of aromatic nitrogens is 4. The number of benzene rings is 1. The van der Waals surface area contributed by atoms with Gasteiger partial charge in [0.1, 0.15) is 6.54 Å². The molecule has 0 spiro atoms. The predicted molar refractivity (Wildman–Crippen MR) is 86.0 cm³/mol. The van der Waals surface area contributed by atoms with Crippen LogP contribution in [0.3, 0.4) is 0 Å². The van der Waals surface area contributed by atoms with Gasteiger partial charge in [-0.05, 0) is 37.3 Å². The van der Waals surface area contributed by atoms with Gasteiger partial charge in [0.05, 0.1) is 12.2 Å². The van der Waals surface area contributed by atoms with E-state index in [1.165, 1.54) is 4.80 Å². The number of rotatable bonds is 3. The van der Waals surface area contributed by atoms with E-state index in [0.29, 0.717) is 30.4 Å². The first kappa shape index (κ1) is 15.8. The van der Waals surface area contributed by atoms with Crippen molar-refractivity contribution in [1.82, 2.24) is 25.1 Å². The van der Waals surface area contributed by atoms with Gasteiger partial charge in [-0.25, -0.2) is 0 Å². The first-order valence-corrected chi connectivity index (χ1v) is 8.19. The van der Waals surface area contributed by atoms with Crippen LogP contribution in [0.2, 0.25) is 0 Å². The van der Waals surface area contributed by atoms with Gasteiger partial charge in [0.15, 0.2) is 11.5 Å². The zero-order valence-corrected chi connectivity index (χ0v) is 14.1. The summed E-state index contributed by atoms with van der Waals surface area (Å²) in [6, 6.07) is 5.44. The molecule has 0 saturated carbocycles. The second kappa shape index (κ2) is 6.32. The summed E-state index contributed by atoms with van der Waals surface area (Å²) in [7, 11) is 0. The first-order valence-electron chi connectivity index (χ1n) is 8.19. The number of hydrogen-bond donors (Lipinski definition) is 0. The van der Waals surface area contributed by atoms with Crippen LogP contribution in [-0.4, -0.2) is 63.1 Å². The molecule has 1 aromatic heterocycles. The molecule has 9 heteroatoms. The molecule has 1 aromatic carbocycles. The van der Waals surface area contributed by atoms with E-state index in [4.69, 9.17) is 14.2 Å². The van der Waals surface area contributed by atoms with Crippen LogP contribution in [-0.2, 0) is 16.1 Å². The summed E-state index contributed by atoms with van der Waals surface area (Å²) in [5.41, 5.74) is 0.761. The minimum atomic E-state index is -0.0448. The molecule has 25 heavy (non-hydrogen) atoms. The Morgan fingerprint density at radius 2 is 1.96 bits per heavy atom. The Balaban J connectivity index is 1.45. The van der Waals surface area contributed by atoms with Crippen LogP contribution in [0.15, 0.2) is 18.2 Å². The first-order chi connectivity index (χ1) is 12.1. The van der Waals surface area contributed by atoms with Gasteiger partial charge >= 0.3 is 0 Å². The smallest absolute Gasteiger partial charge is 0.246 e. The molecule has 132 valence electrons. The van der Waals surface area contributed by atoms with Crippen molar-refractivity contribution < 1.29 is 19.0 Å². The van der Waals surface area contributed by atoms with Crippen LogP contribution in [0, 0.1) is 0 Å². The number of nitrogens with zero attached hydrogens (tertiary/aromatic N) is 5. The maximum absolute atomic E-state index is 12.5. The van der Waals surface area contributed by atoms with Crippen molar-refractivity contribution >= 4 is 5.91 Å². The van der Waals surface area contributed by atoms with Crippen molar-refractivity contribution in [1.29, 1.82) is 0 Å². The second-order valence-electron chi connectivity index (χ2n) is 6.27. The van der Waals surface area contributed by atoms with Gasteiger partial charge in [0, 0.05) is 18.7 Å². The lowest BCUT2D eigenvalue weighted by Crippen LogP contribution is -2.49. The minimum absolute atomic E-state index is 0.0283. The van der Waals surface area contributed by atoms with Gasteiger partial charge in [0.2, 0.25) is 18.5 Å². The number of tetrazole rings is 1. The zero-order valence-electron chi connectivity index (χ0n) is 14.1. The molecule has 3 heterocycles. The third-order valence-electron chi connectivity index (χ3n) is 4.13.